The minimum Gasteiger partial charge on any atom is -0.492 e. The molecule has 1 aliphatic heterocycles. The lowest BCUT2D eigenvalue weighted by atomic mass is 10.1. The molecule has 0 atom stereocenters. The molecule has 0 spiro atoms. The lowest BCUT2D eigenvalue weighted by molar-refractivity contribution is 0.328. The van der Waals surface area contributed by atoms with Crippen LogP contribution in [0, 0.1) is 0 Å². The molecule has 6 nitrogen and oxygen atoms in total. The number of rotatable bonds is 5. The number of aromatic nitrogens is 2. The van der Waals surface area contributed by atoms with Crippen molar-refractivity contribution in [2.75, 3.05) is 49.1 Å². The van der Waals surface area contributed by atoms with Gasteiger partial charge in [0.2, 0.25) is 0 Å². The highest BCUT2D eigenvalue weighted by Gasteiger charge is 2.20. The number of hydrogen-bond acceptors (Lipinski definition) is 6. The standard InChI is InChI=1S/C20H21Cl2N5O/c21-14-10-15(12-16(11-14)28-9-4-23)26-5-7-27(8-6-26)19-13-24-25-20-17(19)2-1-3-18(20)22/h1-3,10-13H,4-9,23H2. The number of piperazine rings is 1. The van der Waals surface area contributed by atoms with Crippen molar-refractivity contribution in [3.63, 3.8) is 0 Å². The molecule has 2 heterocycles. The summed E-state index contributed by atoms with van der Waals surface area (Å²) in [6.07, 6.45) is 1.81. The minimum atomic E-state index is 0.470. The Morgan fingerprint density at radius 1 is 1.04 bits per heavy atom. The fraction of sp³-hybridized carbons (Fsp3) is 0.300. The van der Waals surface area contributed by atoms with E-state index < -0.39 is 0 Å². The molecule has 1 aromatic heterocycles. The summed E-state index contributed by atoms with van der Waals surface area (Å²) in [6.45, 7) is 4.39. The Labute approximate surface area is 173 Å². The number of hydrogen-bond donors (Lipinski definition) is 1. The zero-order chi connectivity index (χ0) is 19.5. The number of nitrogens with zero attached hydrogens (tertiary/aromatic N) is 4. The predicted octanol–water partition coefficient (Wildman–Crippen LogP) is 3.60. The highest BCUT2D eigenvalue weighted by Crippen LogP contribution is 2.31. The van der Waals surface area contributed by atoms with Gasteiger partial charge in [0.1, 0.15) is 17.9 Å². The lowest BCUT2D eigenvalue weighted by Gasteiger charge is -2.37. The molecule has 0 radical (unpaired) electrons. The molecule has 0 aliphatic carbocycles. The van der Waals surface area contributed by atoms with Gasteiger partial charge < -0.3 is 20.3 Å². The van der Waals surface area contributed by atoms with Crippen LogP contribution in [0.25, 0.3) is 10.9 Å². The monoisotopic (exact) mass is 417 g/mol. The highest BCUT2D eigenvalue weighted by molar-refractivity contribution is 6.35. The first-order chi connectivity index (χ1) is 13.7. The first-order valence-corrected chi connectivity index (χ1v) is 9.94. The second kappa shape index (κ2) is 8.39. The molecular weight excluding hydrogens is 397 g/mol. The van der Waals surface area contributed by atoms with E-state index in [1.165, 1.54) is 0 Å². The van der Waals surface area contributed by atoms with E-state index in [1.807, 2.05) is 42.6 Å². The van der Waals surface area contributed by atoms with Crippen LogP contribution in [0.3, 0.4) is 0 Å². The second-order valence-corrected chi connectivity index (χ2v) is 7.47. The predicted molar refractivity (Wildman–Crippen MR) is 115 cm³/mol. The van der Waals surface area contributed by atoms with Crippen LogP contribution in [0.5, 0.6) is 5.75 Å². The van der Waals surface area contributed by atoms with E-state index in [0.717, 1.165) is 54.2 Å². The number of ether oxygens (including phenoxy) is 1. The van der Waals surface area contributed by atoms with Crippen LogP contribution in [0.1, 0.15) is 0 Å². The van der Waals surface area contributed by atoms with Gasteiger partial charge in [0.05, 0.1) is 16.9 Å². The summed E-state index contributed by atoms with van der Waals surface area (Å²) in [7, 11) is 0. The number of anilines is 2. The third-order valence-corrected chi connectivity index (χ3v) is 5.35. The molecule has 28 heavy (non-hydrogen) atoms. The minimum absolute atomic E-state index is 0.470. The Hall–Kier alpha value is -2.28. The first kappa shape index (κ1) is 19.1. The topological polar surface area (TPSA) is 67.5 Å². The van der Waals surface area contributed by atoms with Gasteiger partial charge in [-0.3, -0.25) is 0 Å². The van der Waals surface area contributed by atoms with Crippen molar-refractivity contribution in [2.24, 2.45) is 5.73 Å². The summed E-state index contributed by atoms with van der Waals surface area (Å²) in [5.74, 6) is 0.745. The van der Waals surface area contributed by atoms with Crippen molar-refractivity contribution < 1.29 is 4.74 Å². The molecule has 8 heteroatoms. The van der Waals surface area contributed by atoms with E-state index in [4.69, 9.17) is 33.7 Å². The summed E-state index contributed by atoms with van der Waals surface area (Å²) in [4.78, 5) is 4.63. The summed E-state index contributed by atoms with van der Waals surface area (Å²) in [5, 5.41) is 10.6. The van der Waals surface area contributed by atoms with Crippen LogP contribution in [0.2, 0.25) is 10.0 Å². The number of fused-ring (bicyclic) bond motifs is 1. The zero-order valence-corrected chi connectivity index (χ0v) is 16.8. The Morgan fingerprint density at radius 2 is 1.82 bits per heavy atom. The lowest BCUT2D eigenvalue weighted by Crippen LogP contribution is -2.46. The van der Waals surface area contributed by atoms with Gasteiger partial charge in [0.25, 0.3) is 0 Å². The second-order valence-electron chi connectivity index (χ2n) is 6.62. The van der Waals surface area contributed by atoms with Crippen LogP contribution in [0.15, 0.2) is 42.6 Å². The average Bonchev–Trinajstić information content (AvgIpc) is 2.72. The van der Waals surface area contributed by atoms with Crippen LogP contribution >= 0.6 is 23.2 Å². The van der Waals surface area contributed by atoms with E-state index in [9.17, 15) is 0 Å². The fourth-order valence-corrected chi connectivity index (χ4v) is 3.91. The van der Waals surface area contributed by atoms with Gasteiger partial charge in [-0.1, -0.05) is 35.3 Å². The van der Waals surface area contributed by atoms with Crippen LogP contribution < -0.4 is 20.3 Å². The highest BCUT2D eigenvalue weighted by atomic mass is 35.5. The maximum absolute atomic E-state index is 6.28. The van der Waals surface area contributed by atoms with Gasteiger partial charge in [-0.2, -0.15) is 5.10 Å². The van der Waals surface area contributed by atoms with E-state index in [0.29, 0.717) is 23.2 Å². The molecule has 146 valence electrons. The smallest absolute Gasteiger partial charge is 0.122 e. The van der Waals surface area contributed by atoms with Crippen molar-refractivity contribution in [3.05, 3.63) is 52.6 Å². The summed E-state index contributed by atoms with van der Waals surface area (Å²) in [6, 6.07) is 11.6. The summed E-state index contributed by atoms with van der Waals surface area (Å²) in [5.41, 5.74) is 8.38. The molecule has 4 rings (SSSR count). The van der Waals surface area contributed by atoms with Crippen LogP contribution in [0.4, 0.5) is 11.4 Å². The molecule has 0 unspecified atom stereocenters. The number of nitrogens with two attached hydrogens (primary N) is 1. The van der Waals surface area contributed by atoms with Gasteiger partial charge in [0, 0.05) is 54.9 Å². The molecule has 0 saturated carbocycles. The van der Waals surface area contributed by atoms with E-state index in [1.54, 1.807) is 0 Å². The molecule has 1 aliphatic rings. The number of halogens is 2. The van der Waals surface area contributed by atoms with Crippen molar-refractivity contribution in [2.45, 2.75) is 0 Å². The van der Waals surface area contributed by atoms with Crippen LogP contribution in [-0.2, 0) is 0 Å². The van der Waals surface area contributed by atoms with E-state index in [-0.39, 0.29) is 0 Å². The van der Waals surface area contributed by atoms with Gasteiger partial charge >= 0.3 is 0 Å². The Kier molecular flexibility index (Phi) is 5.71. The Morgan fingerprint density at radius 3 is 2.61 bits per heavy atom. The molecule has 0 bridgehead atoms. The van der Waals surface area contributed by atoms with Gasteiger partial charge in [-0.25, -0.2) is 0 Å². The van der Waals surface area contributed by atoms with Gasteiger partial charge in [-0.05, 0) is 18.2 Å². The fourth-order valence-electron chi connectivity index (χ4n) is 3.48. The van der Waals surface area contributed by atoms with Gasteiger partial charge in [0.15, 0.2) is 0 Å². The number of benzene rings is 2. The third-order valence-electron chi connectivity index (χ3n) is 4.83. The maximum atomic E-state index is 6.28. The van der Waals surface area contributed by atoms with Crippen molar-refractivity contribution >= 4 is 45.5 Å². The first-order valence-electron chi connectivity index (χ1n) is 9.19. The Balaban J connectivity index is 1.51. The SMILES string of the molecule is NCCOc1cc(Cl)cc(N2CCN(c3cnnc4c(Cl)cccc34)CC2)c1. The van der Waals surface area contributed by atoms with Gasteiger partial charge in [-0.15, -0.1) is 5.10 Å². The third kappa shape index (κ3) is 3.94. The van der Waals surface area contributed by atoms with Crippen LogP contribution in [-0.4, -0.2) is 49.5 Å². The van der Waals surface area contributed by atoms with Crippen molar-refractivity contribution in [1.82, 2.24) is 10.2 Å². The normalized spacial score (nSPS) is 14.5. The Bertz CT molecular complexity index is 976. The van der Waals surface area contributed by atoms with E-state index in [2.05, 4.69) is 20.0 Å². The summed E-state index contributed by atoms with van der Waals surface area (Å²) < 4.78 is 5.64. The molecule has 0 amide bonds. The maximum Gasteiger partial charge on any atom is 0.122 e. The largest absolute Gasteiger partial charge is 0.492 e. The molecule has 1 fully saturated rings. The molecule has 2 aromatic carbocycles. The molecule has 3 aromatic rings. The van der Waals surface area contributed by atoms with Crippen molar-refractivity contribution in [1.29, 1.82) is 0 Å². The zero-order valence-electron chi connectivity index (χ0n) is 15.3. The summed E-state index contributed by atoms with van der Waals surface area (Å²) >= 11 is 12.6. The average molecular weight is 418 g/mol. The quantitative estimate of drug-likeness (QED) is 0.683. The van der Waals surface area contributed by atoms with Crippen molar-refractivity contribution in [3.8, 4) is 5.75 Å². The molecule has 2 N–H and O–H groups in total. The molecule has 1 saturated heterocycles. The van der Waals surface area contributed by atoms with E-state index >= 15 is 0 Å². The molecular formula is C20H21Cl2N5O.